The van der Waals surface area contributed by atoms with E-state index in [4.69, 9.17) is 11.6 Å². The quantitative estimate of drug-likeness (QED) is 0.481. The molecule has 0 N–H and O–H groups in total. The molecule has 0 amide bonds. The Morgan fingerprint density at radius 3 is 2.82 bits per heavy atom. The van der Waals surface area contributed by atoms with Gasteiger partial charge in [-0.15, -0.1) is 0 Å². The summed E-state index contributed by atoms with van der Waals surface area (Å²) in [6.07, 6.45) is 1.26. The van der Waals surface area contributed by atoms with E-state index in [0.29, 0.717) is 10.6 Å². The molecule has 1 rings (SSSR count). The first kappa shape index (κ1) is 7.94. The maximum Gasteiger partial charge on any atom is 0.366 e. The average molecular weight is 173 g/mol. The van der Waals surface area contributed by atoms with Crippen molar-refractivity contribution in [2.24, 2.45) is 0 Å². The van der Waals surface area contributed by atoms with Crippen molar-refractivity contribution >= 4 is 17.4 Å². The van der Waals surface area contributed by atoms with Gasteiger partial charge in [-0.1, -0.05) is 11.6 Å². The molecule has 58 valence electrons. The monoisotopic (exact) mass is 172 g/mol. The van der Waals surface area contributed by atoms with Crippen molar-refractivity contribution in [3.8, 4) is 0 Å². The Bertz CT molecular complexity index is 301. The second kappa shape index (κ2) is 2.84. The van der Waals surface area contributed by atoms with Crippen molar-refractivity contribution in [1.29, 1.82) is 0 Å². The third-order valence-electron chi connectivity index (χ3n) is 1.19. The van der Waals surface area contributed by atoms with Crippen LogP contribution in [-0.2, 0) is 0 Å². The maximum atomic E-state index is 10.2. The van der Waals surface area contributed by atoms with Gasteiger partial charge < -0.3 is 10.1 Å². The molecule has 0 aromatic carbocycles. The van der Waals surface area contributed by atoms with Gasteiger partial charge in [0.15, 0.2) is 6.20 Å². The molecule has 0 saturated heterocycles. The highest BCUT2D eigenvalue weighted by molar-refractivity contribution is 6.30. The van der Waals surface area contributed by atoms with E-state index in [-0.39, 0.29) is 5.82 Å². The molecular formula is C6H5ClN2O2. The Hall–Kier alpha value is -1.16. The van der Waals surface area contributed by atoms with Gasteiger partial charge in [-0.25, -0.2) is 0 Å². The molecule has 4 nitrogen and oxygen atoms in total. The summed E-state index contributed by atoms with van der Waals surface area (Å²) in [5, 5.41) is 10.6. The van der Waals surface area contributed by atoms with Crippen molar-refractivity contribution in [1.82, 2.24) is 4.98 Å². The minimum absolute atomic E-state index is 0.144. The van der Waals surface area contributed by atoms with Gasteiger partial charge in [0.25, 0.3) is 0 Å². The summed E-state index contributed by atoms with van der Waals surface area (Å²) in [6.45, 7) is 1.59. The Labute approximate surface area is 68.0 Å². The van der Waals surface area contributed by atoms with E-state index >= 15 is 0 Å². The van der Waals surface area contributed by atoms with Gasteiger partial charge >= 0.3 is 5.82 Å². The van der Waals surface area contributed by atoms with Crippen LogP contribution in [0.1, 0.15) is 5.56 Å². The molecule has 1 aromatic rings. The summed E-state index contributed by atoms with van der Waals surface area (Å²) in [7, 11) is 0. The van der Waals surface area contributed by atoms with E-state index in [2.05, 4.69) is 4.98 Å². The number of hydrogen-bond donors (Lipinski definition) is 0. The summed E-state index contributed by atoms with van der Waals surface area (Å²) in [5.74, 6) is -0.144. The third kappa shape index (κ3) is 1.65. The lowest BCUT2D eigenvalue weighted by atomic mass is 10.3. The molecule has 0 aliphatic rings. The number of aryl methyl sites for hydroxylation is 1. The van der Waals surface area contributed by atoms with Crippen LogP contribution < -0.4 is 0 Å². The molecule has 0 atom stereocenters. The molecule has 11 heavy (non-hydrogen) atoms. The predicted octanol–water partition coefficient (Wildman–Crippen LogP) is 1.95. The minimum atomic E-state index is -0.536. The highest BCUT2D eigenvalue weighted by atomic mass is 35.5. The van der Waals surface area contributed by atoms with E-state index < -0.39 is 4.92 Å². The smallest absolute Gasteiger partial charge is 0.358 e. The molecular weight excluding hydrogens is 168 g/mol. The first-order chi connectivity index (χ1) is 5.11. The summed E-state index contributed by atoms with van der Waals surface area (Å²) < 4.78 is 0. The van der Waals surface area contributed by atoms with Gasteiger partial charge in [0, 0.05) is 5.56 Å². The molecule has 0 aliphatic carbocycles. The van der Waals surface area contributed by atoms with E-state index in [9.17, 15) is 10.1 Å². The molecule has 0 fully saturated rings. The number of halogens is 1. The van der Waals surface area contributed by atoms with Gasteiger partial charge in [0.1, 0.15) is 0 Å². The van der Waals surface area contributed by atoms with Crippen LogP contribution in [0, 0.1) is 17.0 Å². The molecule has 0 aliphatic heterocycles. The highest BCUT2D eigenvalue weighted by Gasteiger charge is 2.10. The molecule has 1 aromatic heterocycles. The van der Waals surface area contributed by atoms with Gasteiger partial charge in [-0.05, 0) is 22.9 Å². The third-order valence-corrected chi connectivity index (χ3v) is 1.40. The van der Waals surface area contributed by atoms with Crippen molar-refractivity contribution in [3.63, 3.8) is 0 Å². The van der Waals surface area contributed by atoms with Gasteiger partial charge in [-0.2, -0.15) is 0 Å². The zero-order valence-corrected chi connectivity index (χ0v) is 6.50. The van der Waals surface area contributed by atoms with E-state index in [1.165, 1.54) is 12.3 Å². The molecule has 0 spiro atoms. The largest absolute Gasteiger partial charge is 0.366 e. The molecule has 0 unspecified atom stereocenters. The topological polar surface area (TPSA) is 56.0 Å². The highest BCUT2D eigenvalue weighted by Crippen LogP contribution is 2.17. The van der Waals surface area contributed by atoms with Crippen LogP contribution in [0.5, 0.6) is 0 Å². The lowest BCUT2D eigenvalue weighted by molar-refractivity contribution is -0.390. The molecule has 5 heteroatoms. The summed E-state index contributed by atoms with van der Waals surface area (Å²) in [4.78, 5) is 13.2. The SMILES string of the molecule is Cc1cc(Cl)cnc1[N+](=O)[O-]. The number of rotatable bonds is 1. The summed E-state index contributed by atoms with van der Waals surface area (Å²) in [5.41, 5.74) is 0.475. The normalized spacial score (nSPS) is 9.64. The van der Waals surface area contributed by atoms with Crippen molar-refractivity contribution in [2.45, 2.75) is 6.92 Å². The minimum Gasteiger partial charge on any atom is -0.358 e. The zero-order valence-electron chi connectivity index (χ0n) is 5.74. The fourth-order valence-corrected chi connectivity index (χ4v) is 0.937. The van der Waals surface area contributed by atoms with Gasteiger partial charge in [0.2, 0.25) is 0 Å². The zero-order chi connectivity index (χ0) is 8.43. The maximum absolute atomic E-state index is 10.2. The standard InChI is InChI=1S/C6H5ClN2O2/c1-4-2-5(7)3-8-6(4)9(10)11/h2-3H,1H3. The van der Waals surface area contributed by atoms with Crippen LogP contribution in [0.2, 0.25) is 5.02 Å². The Balaban J connectivity index is 3.20. The Morgan fingerprint density at radius 1 is 1.73 bits per heavy atom. The van der Waals surface area contributed by atoms with Crippen LogP contribution in [0.4, 0.5) is 5.82 Å². The summed E-state index contributed by atoms with van der Waals surface area (Å²) >= 11 is 5.54. The van der Waals surface area contributed by atoms with Gasteiger partial charge in [0.05, 0.1) is 5.02 Å². The van der Waals surface area contributed by atoms with Crippen molar-refractivity contribution in [2.75, 3.05) is 0 Å². The average Bonchev–Trinajstić information content (AvgIpc) is 1.85. The number of aromatic nitrogens is 1. The van der Waals surface area contributed by atoms with Crippen LogP contribution in [-0.4, -0.2) is 9.91 Å². The Morgan fingerprint density at radius 2 is 2.36 bits per heavy atom. The number of hydrogen-bond acceptors (Lipinski definition) is 3. The first-order valence-corrected chi connectivity index (χ1v) is 3.25. The predicted molar refractivity (Wildman–Crippen MR) is 40.6 cm³/mol. The Kier molecular flexibility index (Phi) is 2.05. The van der Waals surface area contributed by atoms with E-state index in [1.807, 2.05) is 0 Å². The molecule has 0 saturated carbocycles. The van der Waals surface area contributed by atoms with Crippen LogP contribution in [0.15, 0.2) is 12.3 Å². The lowest BCUT2D eigenvalue weighted by Crippen LogP contribution is -1.94. The van der Waals surface area contributed by atoms with Crippen molar-refractivity contribution in [3.05, 3.63) is 33.0 Å². The summed E-state index contributed by atoms with van der Waals surface area (Å²) in [6, 6.07) is 1.51. The lowest BCUT2D eigenvalue weighted by Gasteiger charge is -1.94. The second-order valence-electron chi connectivity index (χ2n) is 2.05. The fraction of sp³-hybridized carbons (Fsp3) is 0.167. The second-order valence-corrected chi connectivity index (χ2v) is 2.49. The molecule has 0 radical (unpaired) electrons. The fourth-order valence-electron chi connectivity index (χ4n) is 0.724. The first-order valence-electron chi connectivity index (χ1n) is 2.88. The van der Waals surface area contributed by atoms with Gasteiger partial charge in [-0.3, -0.25) is 0 Å². The number of pyridine rings is 1. The van der Waals surface area contributed by atoms with Crippen LogP contribution in [0.25, 0.3) is 0 Å². The van der Waals surface area contributed by atoms with E-state index in [0.717, 1.165) is 0 Å². The van der Waals surface area contributed by atoms with E-state index in [1.54, 1.807) is 6.92 Å². The van der Waals surface area contributed by atoms with Crippen LogP contribution >= 0.6 is 11.6 Å². The molecule has 1 heterocycles. The number of nitrogens with zero attached hydrogens (tertiary/aromatic N) is 2. The molecule has 0 bridgehead atoms. The number of nitro groups is 1. The van der Waals surface area contributed by atoms with Crippen LogP contribution in [0.3, 0.4) is 0 Å². The van der Waals surface area contributed by atoms with Crippen molar-refractivity contribution < 1.29 is 4.92 Å².